The normalized spacial score (nSPS) is 16.1. The first-order chi connectivity index (χ1) is 7.81. The second-order valence-corrected chi connectivity index (χ2v) is 3.99. The van der Waals surface area contributed by atoms with Gasteiger partial charge in [0.1, 0.15) is 5.69 Å². The highest BCUT2D eigenvalue weighted by Gasteiger charge is 2.18. The summed E-state index contributed by atoms with van der Waals surface area (Å²) in [5, 5.41) is 3.16. The minimum absolute atomic E-state index is 0.217. The van der Waals surface area contributed by atoms with E-state index in [0.29, 0.717) is 5.88 Å². The van der Waals surface area contributed by atoms with Gasteiger partial charge in [-0.2, -0.15) is 4.37 Å². The van der Waals surface area contributed by atoms with E-state index >= 15 is 0 Å². The van der Waals surface area contributed by atoms with Gasteiger partial charge in [-0.1, -0.05) is 5.92 Å². The number of hydrogen-bond donors (Lipinski definition) is 1. The smallest absolute Gasteiger partial charge is 0.254 e. The van der Waals surface area contributed by atoms with Crippen LogP contribution in [0.15, 0.2) is 6.20 Å². The van der Waals surface area contributed by atoms with Crippen LogP contribution in [0.5, 0.6) is 5.88 Å². The molecule has 0 radical (unpaired) electrons. The van der Waals surface area contributed by atoms with E-state index in [4.69, 9.17) is 11.2 Å². The van der Waals surface area contributed by atoms with Crippen LogP contribution in [-0.2, 0) is 0 Å². The largest absolute Gasteiger partial charge is 0.462 e. The SMILES string of the molecule is C#CCOc1nsnc1C1=CNCN(C)C1. The van der Waals surface area contributed by atoms with Crippen LogP contribution in [0.2, 0.25) is 0 Å². The molecule has 0 unspecified atom stereocenters. The van der Waals surface area contributed by atoms with Crippen molar-refractivity contribution < 1.29 is 4.74 Å². The quantitative estimate of drug-likeness (QED) is 0.769. The lowest BCUT2D eigenvalue weighted by molar-refractivity contribution is 0.343. The van der Waals surface area contributed by atoms with E-state index in [1.54, 1.807) is 0 Å². The molecule has 1 aromatic rings. The fourth-order valence-corrected chi connectivity index (χ4v) is 1.97. The monoisotopic (exact) mass is 236 g/mol. The maximum absolute atomic E-state index is 5.33. The average Bonchev–Trinajstić information content (AvgIpc) is 2.74. The molecule has 0 atom stereocenters. The lowest BCUT2D eigenvalue weighted by Crippen LogP contribution is -2.34. The topological polar surface area (TPSA) is 50.3 Å². The van der Waals surface area contributed by atoms with Crippen LogP contribution in [0.4, 0.5) is 0 Å². The van der Waals surface area contributed by atoms with Gasteiger partial charge in [-0.15, -0.1) is 10.8 Å². The Kier molecular flexibility index (Phi) is 3.39. The number of rotatable bonds is 3. The van der Waals surface area contributed by atoms with Crippen LogP contribution in [0.1, 0.15) is 5.69 Å². The summed E-state index contributed by atoms with van der Waals surface area (Å²) < 4.78 is 13.6. The van der Waals surface area contributed by atoms with Crippen molar-refractivity contribution in [1.29, 1.82) is 0 Å². The number of hydrogen-bond acceptors (Lipinski definition) is 6. The second kappa shape index (κ2) is 4.96. The molecule has 0 aromatic carbocycles. The van der Waals surface area contributed by atoms with Crippen LogP contribution >= 0.6 is 11.7 Å². The van der Waals surface area contributed by atoms with E-state index < -0.39 is 0 Å². The van der Waals surface area contributed by atoms with Crippen molar-refractivity contribution in [2.45, 2.75) is 0 Å². The molecule has 1 aromatic heterocycles. The van der Waals surface area contributed by atoms with Crippen molar-refractivity contribution in [2.75, 3.05) is 26.9 Å². The summed E-state index contributed by atoms with van der Waals surface area (Å²) in [6, 6.07) is 0. The molecule has 2 rings (SSSR count). The molecule has 0 amide bonds. The molecule has 0 saturated heterocycles. The van der Waals surface area contributed by atoms with Crippen molar-refractivity contribution in [3.8, 4) is 18.2 Å². The first kappa shape index (κ1) is 10.9. The number of nitrogens with zero attached hydrogens (tertiary/aromatic N) is 3. The summed E-state index contributed by atoms with van der Waals surface area (Å²) in [7, 11) is 2.03. The molecule has 0 bridgehead atoms. The van der Waals surface area contributed by atoms with Gasteiger partial charge in [0.05, 0.1) is 18.4 Å². The van der Waals surface area contributed by atoms with Crippen molar-refractivity contribution >= 4 is 17.3 Å². The Balaban J connectivity index is 2.17. The van der Waals surface area contributed by atoms with Crippen LogP contribution in [0.3, 0.4) is 0 Å². The summed E-state index contributed by atoms with van der Waals surface area (Å²) in [4.78, 5) is 2.14. The van der Waals surface area contributed by atoms with E-state index in [2.05, 4.69) is 24.9 Å². The zero-order valence-electron chi connectivity index (χ0n) is 8.93. The molecule has 0 fully saturated rings. The Morgan fingerprint density at radius 2 is 2.56 bits per heavy atom. The third-order valence-corrected chi connectivity index (χ3v) is 2.64. The number of likely N-dealkylation sites (N-methyl/N-ethyl adjacent to an activating group) is 1. The van der Waals surface area contributed by atoms with Crippen LogP contribution in [-0.4, -0.2) is 40.5 Å². The van der Waals surface area contributed by atoms with Crippen LogP contribution in [0, 0.1) is 12.3 Å². The van der Waals surface area contributed by atoms with E-state index in [1.807, 2.05) is 13.2 Å². The molecule has 2 heterocycles. The van der Waals surface area contributed by atoms with Gasteiger partial charge in [-0.05, 0) is 7.05 Å². The van der Waals surface area contributed by atoms with Crippen molar-refractivity contribution in [3.63, 3.8) is 0 Å². The summed E-state index contributed by atoms with van der Waals surface area (Å²) in [5.74, 6) is 2.93. The Morgan fingerprint density at radius 1 is 1.69 bits per heavy atom. The molecule has 0 aliphatic carbocycles. The third-order valence-electron chi connectivity index (χ3n) is 2.13. The van der Waals surface area contributed by atoms with Crippen molar-refractivity contribution in [1.82, 2.24) is 19.0 Å². The molecule has 6 heteroatoms. The molecule has 0 saturated carbocycles. The van der Waals surface area contributed by atoms with Gasteiger partial charge in [-0.25, -0.2) is 0 Å². The zero-order valence-corrected chi connectivity index (χ0v) is 9.75. The molecular weight excluding hydrogens is 224 g/mol. The van der Waals surface area contributed by atoms with Crippen molar-refractivity contribution in [2.24, 2.45) is 0 Å². The molecule has 5 nitrogen and oxygen atoms in total. The van der Waals surface area contributed by atoms with E-state index in [0.717, 1.165) is 36.2 Å². The first-order valence-electron chi connectivity index (χ1n) is 4.81. The Bertz CT molecular complexity index is 434. The van der Waals surface area contributed by atoms with Gasteiger partial charge in [0.15, 0.2) is 6.61 Å². The molecule has 84 valence electrons. The highest BCUT2D eigenvalue weighted by atomic mass is 32.1. The molecule has 16 heavy (non-hydrogen) atoms. The first-order valence-corrected chi connectivity index (χ1v) is 5.54. The van der Waals surface area contributed by atoms with E-state index in [9.17, 15) is 0 Å². The summed E-state index contributed by atoms with van der Waals surface area (Å²) in [6.45, 7) is 1.88. The maximum Gasteiger partial charge on any atom is 0.254 e. The van der Waals surface area contributed by atoms with E-state index in [-0.39, 0.29) is 6.61 Å². The van der Waals surface area contributed by atoms with Crippen LogP contribution < -0.4 is 10.1 Å². The fraction of sp³-hybridized carbons (Fsp3) is 0.400. The third kappa shape index (κ3) is 2.32. The molecule has 1 N–H and O–H groups in total. The highest BCUT2D eigenvalue weighted by molar-refractivity contribution is 6.99. The summed E-state index contributed by atoms with van der Waals surface area (Å²) in [5.41, 5.74) is 1.84. The van der Waals surface area contributed by atoms with Gasteiger partial charge in [0, 0.05) is 18.3 Å². The minimum atomic E-state index is 0.217. The van der Waals surface area contributed by atoms with E-state index in [1.165, 1.54) is 0 Å². The molecule has 1 aliphatic rings. The lowest BCUT2D eigenvalue weighted by atomic mass is 10.2. The zero-order chi connectivity index (χ0) is 11.4. The Hall–Kier alpha value is -1.58. The molecule has 1 aliphatic heterocycles. The lowest BCUT2D eigenvalue weighted by Gasteiger charge is -2.23. The fourth-order valence-electron chi connectivity index (χ4n) is 1.44. The Morgan fingerprint density at radius 3 is 3.31 bits per heavy atom. The van der Waals surface area contributed by atoms with Crippen molar-refractivity contribution in [3.05, 3.63) is 11.9 Å². The number of ether oxygens (including phenoxy) is 1. The highest BCUT2D eigenvalue weighted by Crippen LogP contribution is 2.24. The summed E-state index contributed by atoms with van der Waals surface area (Å²) in [6.07, 6.45) is 7.08. The number of aromatic nitrogens is 2. The van der Waals surface area contributed by atoms with Gasteiger partial charge in [-0.3, -0.25) is 4.90 Å². The van der Waals surface area contributed by atoms with Gasteiger partial charge in [0.2, 0.25) is 0 Å². The summed E-state index contributed by atoms with van der Waals surface area (Å²) >= 11 is 1.13. The van der Waals surface area contributed by atoms with Crippen LogP contribution in [0.25, 0.3) is 5.57 Å². The van der Waals surface area contributed by atoms with Gasteiger partial charge in [0.25, 0.3) is 5.88 Å². The van der Waals surface area contributed by atoms with Gasteiger partial charge >= 0.3 is 0 Å². The maximum atomic E-state index is 5.33. The Labute approximate surface area is 98.4 Å². The predicted octanol–water partition coefficient (Wildman–Crippen LogP) is 0.384. The number of terminal acetylenes is 1. The van der Waals surface area contributed by atoms with Gasteiger partial charge < -0.3 is 10.1 Å². The number of nitrogens with one attached hydrogen (secondary N) is 1. The molecule has 0 spiro atoms. The minimum Gasteiger partial charge on any atom is -0.462 e. The molecular formula is C10H12N4OS. The second-order valence-electron chi connectivity index (χ2n) is 3.46. The predicted molar refractivity (Wildman–Crippen MR) is 62.8 cm³/mol. The average molecular weight is 236 g/mol. The standard InChI is InChI=1S/C10H12N4OS/c1-3-4-15-10-9(12-16-13-10)8-5-11-7-14(2)6-8/h1,5,11H,4,6-7H2,2H3.